The van der Waals surface area contributed by atoms with Gasteiger partial charge in [0, 0.05) is 42.2 Å². The first-order valence-electron chi connectivity index (χ1n) is 8.45. The van der Waals surface area contributed by atoms with E-state index in [4.69, 9.17) is 0 Å². The van der Waals surface area contributed by atoms with Crippen LogP contribution in [-0.4, -0.2) is 44.2 Å². The summed E-state index contributed by atoms with van der Waals surface area (Å²) in [6, 6.07) is 10.0. The number of hydrogen-bond donors (Lipinski definition) is 1. The van der Waals surface area contributed by atoms with Crippen LogP contribution in [0.1, 0.15) is 5.56 Å². The predicted octanol–water partition coefficient (Wildman–Crippen LogP) is 3.60. The van der Waals surface area contributed by atoms with Crippen molar-refractivity contribution < 1.29 is 13.3 Å². The lowest BCUT2D eigenvalue weighted by molar-refractivity contribution is -0.386. The molecule has 1 aliphatic rings. The minimum atomic E-state index is -3.71. The largest absolute Gasteiger partial charge is 0.370 e. The Morgan fingerprint density at radius 3 is 2.48 bits per heavy atom. The molecule has 9 heteroatoms. The lowest BCUT2D eigenvalue weighted by atomic mass is 10.1. The van der Waals surface area contributed by atoms with Gasteiger partial charge in [0.05, 0.1) is 4.92 Å². The van der Waals surface area contributed by atoms with Crippen LogP contribution in [0.2, 0.25) is 0 Å². The van der Waals surface area contributed by atoms with E-state index < -0.39 is 20.4 Å². The van der Waals surface area contributed by atoms with E-state index >= 15 is 0 Å². The molecule has 1 heterocycles. The van der Waals surface area contributed by atoms with Gasteiger partial charge in [-0.05, 0) is 42.8 Å². The van der Waals surface area contributed by atoms with Crippen LogP contribution in [0.4, 0.5) is 22.7 Å². The molecule has 0 aliphatic carbocycles. The molecule has 0 bridgehead atoms. The fourth-order valence-corrected chi connectivity index (χ4v) is 4.92. The Morgan fingerprint density at radius 2 is 1.89 bits per heavy atom. The second-order valence-electron chi connectivity index (χ2n) is 6.41. The van der Waals surface area contributed by atoms with Crippen molar-refractivity contribution >= 4 is 44.3 Å². The summed E-state index contributed by atoms with van der Waals surface area (Å²) < 4.78 is 23.8. The van der Waals surface area contributed by atoms with Gasteiger partial charge in [-0.25, -0.2) is 8.42 Å². The van der Waals surface area contributed by atoms with Crippen LogP contribution in [0.3, 0.4) is 0 Å². The lowest BCUT2D eigenvalue weighted by Crippen LogP contribution is -2.32. The van der Waals surface area contributed by atoms with Crippen molar-refractivity contribution in [2.45, 2.75) is 11.8 Å². The molecule has 1 fully saturated rings. The molecule has 1 aliphatic heterocycles. The van der Waals surface area contributed by atoms with Gasteiger partial charge in [0.25, 0.3) is 0 Å². The molecule has 0 unspecified atom stereocenters. The molecule has 1 N–H and O–H groups in total. The van der Waals surface area contributed by atoms with Gasteiger partial charge in [0.15, 0.2) is 9.84 Å². The number of sulfone groups is 1. The van der Waals surface area contributed by atoms with Crippen molar-refractivity contribution in [2.24, 2.45) is 0 Å². The molecule has 7 nitrogen and oxygen atoms in total. The highest BCUT2D eigenvalue weighted by atomic mass is 32.2. The van der Waals surface area contributed by atoms with Gasteiger partial charge in [-0.3, -0.25) is 10.1 Å². The number of aryl methyl sites for hydroxylation is 1. The van der Waals surface area contributed by atoms with Gasteiger partial charge in [0.1, 0.15) is 10.6 Å². The summed E-state index contributed by atoms with van der Waals surface area (Å²) >= 11 is 1.94. The van der Waals surface area contributed by atoms with Gasteiger partial charge >= 0.3 is 5.69 Å². The summed E-state index contributed by atoms with van der Waals surface area (Å²) in [6.45, 7) is 4.00. The number of para-hydroxylation sites is 1. The van der Waals surface area contributed by atoms with E-state index in [-0.39, 0.29) is 10.6 Å². The quantitative estimate of drug-likeness (QED) is 0.598. The highest BCUT2D eigenvalue weighted by Crippen LogP contribution is 2.35. The Hall–Kier alpha value is -2.26. The summed E-state index contributed by atoms with van der Waals surface area (Å²) in [5, 5.41) is 14.5. The number of nitro groups is 1. The fourth-order valence-electron chi connectivity index (χ4n) is 3.16. The smallest absolute Gasteiger partial charge is 0.311 e. The maximum absolute atomic E-state index is 11.9. The van der Waals surface area contributed by atoms with Crippen LogP contribution in [-0.2, 0) is 9.84 Å². The Labute approximate surface area is 162 Å². The average Bonchev–Trinajstić information content (AvgIpc) is 2.61. The number of anilines is 3. The summed E-state index contributed by atoms with van der Waals surface area (Å²) in [6.07, 6.45) is 0.967. The van der Waals surface area contributed by atoms with Gasteiger partial charge in [-0.1, -0.05) is 6.07 Å². The molecular weight excluding hydrogens is 386 g/mol. The van der Waals surface area contributed by atoms with Crippen LogP contribution in [0.15, 0.2) is 41.3 Å². The summed E-state index contributed by atoms with van der Waals surface area (Å²) in [5.41, 5.74) is 2.62. The number of hydrogen-bond acceptors (Lipinski definition) is 7. The molecular formula is C18H21N3O4S2. The molecule has 2 aromatic rings. The number of nitro benzene ring substituents is 1. The molecule has 0 atom stereocenters. The van der Waals surface area contributed by atoms with Gasteiger partial charge in [0.2, 0.25) is 0 Å². The molecule has 144 valence electrons. The van der Waals surface area contributed by atoms with Crippen molar-refractivity contribution in [2.75, 3.05) is 41.1 Å². The Balaban J connectivity index is 1.94. The fraction of sp³-hybridized carbons (Fsp3) is 0.333. The van der Waals surface area contributed by atoms with Crippen LogP contribution >= 0.6 is 11.8 Å². The Bertz CT molecular complexity index is 971. The normalized spacial score (nSPS) is 14.8. The maximum Gasteiger partial charge on any atom is 0.311 e. The van der Waals surface area contributed by atoms with E-state index in [9.17, 15) is 18.5 Å². The number of benzene rings is 2. The van der Waals surface area contributed by atoms with E-state index in [1.165, 1.54) is 18.2 Å². The highest BCUT2D eigenvalue weighted by Gasteiger charge is 2.26. The van der Waals surface area contributed by atoms with Crippen molar-refractivity contribution in [1.29, 1.82) is 0 Å². The summed E-state index contributed by atoms with van der Waals surface area (Å²) in [7, 11) is -3.71. The van der Waals surface area contributed by atoms with Crippen molar-refractivity contribution in [1.82, 2.24) is 0 Å². The molecule has 0 amide bonds. The molecule has 0 radical (unpaired) electrons. The standard InChI is InChI=1S/C18H21N3O4S2/c1-13-12-14(6-7-16(13)20-8-10-26-11-9-20)19-15-4-3-5-17(27(2,24)25)18(15)21(22)23/h3-7,12,19H,8-11H2,1-2H3. The summed E-state index contributed by atoms with van der Waals surface area (Å²) in [5.74, 6) is 2.20. The van der Waals surface area contributed by atoms with E-state index in [1.807, 2.05) is 36.9 Å². The van der Waals surface area contributed by atoms with Crippen molar-refractivity contribution in [3.05, 3.63) is 52.1 Å². The van der Waals surface area contributed by atoms with E-state index in [2.05, 4.69) is 10.2 Å². The summed E-state index contributed by atoms with van der Waals surface area (Å²) in [4.78, 5) is 12.9. The second kappa shape index (κ2) is 7.77. The zero-order chi connectivity index (χ0) is 19.6. The third-order valence-corrected chi connectivity index (χ3v) is 6.48. The zero-order valence-electron chi connectivity index (χ0n) is 15.1. The number of thioether (sulfide) groups is 1. The second-order valence-corrected chi connectivity index (χ2v) is 9.62. The topological polar surface area (TPSA) is 92.5 Å². The van der Waals surface area contributed by atoms with E-state index in [0.29, 0.717) is 5.69 Å². The molecule has 3 rings (SSSR count). The highest BCUT2D eigenvalue weighted by molar-refractivity contribution is 7.99. The Morgan fingerprint density at radius 1 is 1.19 bits per heavy atom. The van der Waals surface area contributed by atoms with Crippen LogP contribution in [0, 0.1) is 17.0 Å². The maximum atomic E-state index is 11.9. The van der Waals surface area contributed by atoms with E-state index in [0.717, 1.165) is 42.1 Å². The molecule has 0 saturated carbocycles. The van der Waals surface area contributed by atoms with Gasteiger partial charge < -0.3 is 10.2 Å². The number of nitrogens with zero attached hydrogens (tertiary/aromatic N) is 2. The number of rotatable bonds is 5. The first-order valence-corrected chi connectivity index (χ1v) is 11.5. The third-order valence-electron chi connectivity index (χ3n) is 4.41. The zero-order valence-corrected chi connectivity index (χ0v) is 16.8. The third kappa shape index (κ3) is 4.36. The molecule has 2 aromatic carbocycles. The molecule has 27 heavy (non-hydrogen) atoms. The monoisotopic (exact) mass is 407 g/mol. The van der Waals surface area contributed by atoms with Crippen molar-refractivity contribution in [3.8, 4) is 0 Å². The van der Waals surface area contributed by atoms with Gasteiger partial charge in [-0.15, -0.1) is 0 Å². The minimum Gasteiger partial charge on any atom is -0.370 e. The SMILES string of the molecule is Cc1cc(Nc2cccc(S(C)(=O)=O)c2[N+](=O)[O-])ccc1N1CCSCC1. The Kier molecular flexibility index (Phi) is 5.61. The van der Waals surface area contributed by atoms with Gasteiger partial charge in [-0.2, -0.15) is 11.8 Å². The number of nitrogens with one attached hydrogen (secondary N) is 1. The van der Waals surface area contributed by atoms with Crippen LogP contribution < -0.4 is 10.2 Å². The molecule has 0 spiro atoms. The first-order chi connectivity index (χ1) is 12.8. The minimum absolute atomic E-state index is 0.157. The van der Waals surface area contributed by atoms with Crippen molar-refractivity contribution in [3.63, 3.8) is 0 Å². The predicted molar refractivity (Wildman–Crippen MR) is 110 cm³/mol. The van der Waals surface area contributed by atoms with Crippen LogP contribution in [0.5, 0.6) is 0 Å². The molecule has 0 aromatic heterocycles. The van der Waals surface area contributed by atoms with E-state index in [1.54, 1.807) is 0 Å². The first kappa shape index (κ1) is 19.5. The average molecular weight is 408 g/mol. The van der Waals surface area contributed by atoms with Crippen LogP contribution in [0.25, 0.3) is 0 Å². The molecule has 1 saturated heterocycles. The lowest BCUT2D eigenvalue weighted by Gasteiger charge is -2.30.